The molecule has 0 aromatic heterocycles. The van der Waals surface area contributed by atoms with Gasteiger partial charge in [0.15, 0.2) is 0 Å². The van der Waals surface area contributed by atoms with Crippen molar-refractivity contribution >= 4 is 29.3 Å². The van der Waals surface area contributed by atoms with Crippen molar-refractivity contribution in [2.45, 2.75) is 25.0 Å². The molecule has 2 saturated heterocycles. The SMILES string of the molecule is COCO[C@H]1CCSC[C@@H]1[C@H](O)[C@@H]1CSCCC1=O. The number of aliphatic hydroxyl groups is 1. The predicted octanol–water partition coefficient (Wildman–Crippen LogP) is 1.41. The molecule has 2 fully saturated rings. The lowest BCUT2D eigenvalue weighted by molar-refractivity contribution is -0.133. The Bertz CT molecular complexity index is 300. The number of hydrogen-bond donors (Lipinski definition) is 1. The molecular weight excluding hydrogens is 284 g/mol. The summed E-state index contributed by atoms with van der Waals surface area (Å²) in [4.78, 5) is 12.0. The van der Waals surface area contributed by atoms with Crippen molar-refractivity contribution in [3.63, 3.8) is 0 Å². The van der Waals surface area contributed by atoms with Gasteiger partial charge in [-0.2, -0.15) is 23.5 Å². The third-order valence-corrected chi connectivity index (χ3v) is 6.02. The Hall–Kier alpha value is 0.250. The summed E-state index contributed by atoms with van der Waals surface area (Å²) in [5, 5.41) is 10.6. The molecule has 2 heterocycles. The molecule has 0 unspecified atom stereocenters. The van der Waals surface area contributed by atoms with Gasteiger partial charge >= 0.3 is 0 Å². The van der Waals surface area contributed by atoms with Crippen LogP contribution < -0.4 is 0 Å². The third-order valence-electron chi connectivity index (χ3n) is 3.79. The summed E-state index contributed by atoms with van der Waals surface area (Å²) in [6.07, 6.45) is 0.950. The largest absolute Gasteiger partial charge is 0.392 e. The smallest absolute Gasteiger partial charge is 0.146 e. The van der Waals surface area contributed by atoms with E-state index in [4.69, 9.17) is 9.47 Å². The van der Waals surface area contributed by atoms with Crippen LogP contribution in [0.2, 0.25) is 0 Å². The molecule has 0 aromatic rings. The number of rotatable bonds is 5. The molecule has 0 spiro atoms. The maximum atomic E-state index is 12.0. The van der Waals surface area contributed by atoms with E-state index in [0.29, 0.717) is 6.42 Å². The number of carbonyl (C=O) groups is 1. The number of methoxy groups -OCH3 is 1. The first-order valence-electron chi connectivity index (χ1n) is 6.71. The minimum Gasteiger partial charge on any atom is -0.392 e. The van der Waals surface area contributed by atoms with Crippen LogP contribution >= 0.6 is 23.5 Å². The van der Waals surface area contributed by atoms with Crippen molar-refractivity contribution in [1.29, 1.82) is 0 Å². The summed E-state index contributed by atoms with van der Waals surface area (Å²) >= 11 is 3.60. The van der Waals surface area contributed by atoms with Crippen LogP contribution in [0.15, 0.2) is 0 Å². The van der Waals surface area contributed by atoms with Gasteiger partial charge in [-0.05, 0) is 12.2 Å². The van der Waals surface area contributed by atoms with Gasteiger partial charge in [0.05, 0.1) is 18.1 Å². The van der Waals surface area contributed by atoms with Crippen LogP contribution in [0.5, 0.6) is 0 Å². The van der Waals surface area contributed by atoms with Gasteiger partial charge in [-0.25, -0.2) is 0 Å². The Kier molecular flexibility index (Phi) is 6.49. The first kappa shape index (κ1) is 15.6. The highest BCUT2D eigenvalue weighted by Crippen LogP contribution is 2.34. The molecule has 2 aliphatic heterocycles. The summed E-state index contributed by atoms with van der Waals surface area (Å²) in [5.74, 6) is 3.60. The van der Waals surface area contributed by atoms with Gasteiger partial charge in [0.2, 0.25) is 0 Å². The fraction of sp³-hybridized carbons (Fsp3) is 0.923. The van der Waals surface area contributed by atoms with E-state index in [1.54, 1.807) is 18.9 Å². The van der Waals surface area contributed by atoms with Gasteiger partial charge in [-0.1, -0.05) is 0 Å². The molecule has 110 valence electrons. The molecular formula is C13H22O4S2. The van der Waals surface area contributed by atoms with Crippen LogP contribution in [0.3, 0.4) is 0 Å². The second-order valence-corrected chi connectivity index (χ2v) is 7.33. The summed E-state index contributed by atoms with van der Waals surface area (Å²) in [7, 11) is 1.60. The number of aliphatic hydroxyl groups excluding tert-OH is 1. The van der Waals surface area contributed by atoms with Crippen molar-refractivity contribution in [3.8, 4) is 0 Å². The maximum Gasteiger partial charge on any atom is 0.146 e. The molecule has 0 radical (unpaired) electrons. The van der Waals surface area contributed by atoms with E-state index in [0.717, 1.165) is 29.4 Å². The van der Waals surface area contributed by atoms with Crippen molar-refractivity contribution in [2.24, 2.45) is 11.8 Å². The average Bonchev–Trinajstić information content (AvgIpc) is 2.45. The number of hydrogen-bond acceptors (Lipinski definition) is 6. The van der Waals surface area contributed by atoms with Gasteiger partial charge in [0.1, 0.15) is 12.6 Å². The summed E-state index contributed by atoms with van der Waals surface area (Å²) in [5.41, 5.74) is 0. The van der Waals surface area contributed by atoms with E-state index >= 15 is 0 Å². The normalized spacial score (nSPS) is 34.2. The van der Waals surface area contributed by atoms with Crippen LogP contribution in [0.1, 0.15) is 12.8 Å². The zero-order valence-electron chi connectivity index (χ0n) is 11.2. The van der Waals surface area contributed by atoms with Gasteiger partial charge in [-0.3, -0.25) is 4.79 Å². The lowest BCUT2D eigenvalue weighted by Crippen LogP contribution is -2.46. The lowest BCUT2D eigenvalue weighted by Gasteiger charge is -2.37. The number of Topliss-reactive ketones (excluding diaryl/α,β-unsaturated/α-hetero) is 1. The Morgan fingerprint density at radius 1 is 1.37 bits per heavy atom. The fourth-order valence-electron chi connectivity index (χ4n) is 2.67. The standard InChI is InChI=1S/C13H22O4S2/c1-16-8-17-12-3-5-19-7-10(12)13(15)9-6-18-4-2-11(9)14/h9-10,12-13,15H,2-8H2,1H3/t9-,10+,12+,13-/m1/s1. The van der Waals surface area contributed by atoms with E-state index in [-0.39, 0.29) is 30.5 Å². The minimum atomic E-state index is -0.574. The summed E-state index contributed by atoms with van der Waals surface area (Å²) in [6.45, 7) is 0.256. The molecule has 0 aliphatic carbocycles. The van der Waals surface area contributed by atoms with E-state index < -0.39 is 6.10 Å². The molecule has 6 heteroatoms. The zero-order chi connectivity index (χ0) is 13.7. The van der Waals surface area contributed by atoms with Crippen molar-refractivity contribution in [1.82, 2.24) is 0 Å². The van der Waals surface area contributed by atoms with E-state index in [1.165, 1.54) is 0 Å². The Balaban J connectivity index is 1.97. The van der Waals surface area contributed by atoms with E-state index in [9.17, 15) is 9.90 Å². The predicted molar refractivity (Wildman–Crippen MR) is 78.6 cm³/mol. The quantitative estimate of drug-likeness (QED) is 0.775. The highest BCUT2D eigenvalue weighted by molar-refractivity contribution is 7.99. The van der Waals surface area contributed by atoms with Crippen LogP contribution in [0.25, 0.3) is 0 Å². The molecule has 0 amide bonds. The first-order valence-corrected chi connectivity index (χ1v) is 9.01. The molecule has 4 atom stereocenters. The van der Waals surface area contributed by atoms with Crippen molar-refractivity contribution in [2.75, 3.05) is 36.9 Å². The second kappa shape index (κ2) is 7.88. The fourth-order valence-corrected chi connectivity index (χ4v) is 5.07. The highest BCUT2D eigenvalue weighted by Gasteiger charge is 2.39. The lowest BCUT2D eigenvalue weighted by atomic mass is 9.84. The zero-order valence-corrected chi connectivity index (χ0v) is 12.9. The van der Waals surface area contributed by atoms with Crippen molar-refractivity contribution in [3.05, 3.63) is 0 Å². The molecule has 4 nitrogen and oxygen atoms in total. The highest BCUT2D eigenvalue weighted by atomic mass is 32.2. The summed E-state index contributed by atoms with van der Waals surface area (Å²) < 4.78 is 10.6. The molecule has 19 heavy (non-hydrogen) atoms. The molecule has 0 aromatic carbocycles. The topological polar surface area (TPSA) is 55.8 Å². The van der Waals surface area contributed by atoms with Crippen LogP contribution in [0.4, 0.5) is 0 Å². The second-order valence-electron chi connectivity index (χ2n) is 5.03. The molecule has 2 rings (SSSR count). The van der Waals surface area contributed by atoms with Gasteiger partial charge in [-0.15, -0.1) is 0 Å². The average molecular weight is 306 g/mol. The third kappa shape index (κ3) is 4.11. The molecule has 0 bridgehead atoms. The molecule has 0 saturated carbocycles. The number of carbonyl (C=O) groups excluding carboxylic acids is 1. The Morgan fingerprint density at radius 2 is 2.16 bits per heavy atom. The van der Waals surface area contributed by atoms with Gasteiger partial charge in [0, 0.05) is 36.7 Å². The number of thioether (sulfide) groups is 2. The van der Waals surface area contributed by atoms with Crippen LogP contribution in [-0.4, -0.2) is 60.0 Å². The maximum absolute atomic E-state index is 12.0. The Labute approximate surface area is 123 Å². The van der Waals surface area contributed by atoms with Gasteiger partial charge < -0.3 is 14.6 Å². The number of ketones is 1. The summed E-state index contributed by atoms with van der Waals surface area (Å²) in [6, 6.07) is 0. The van der Waals surface area contributed by atoms with E-state index in [2.05, 4.69) is 0 Å². The minimum absolute atomic E-state index is 0.0101. The first-order chi connectivity index (χ1) is 9.24. The Morgan fingerprint density at radius 3 is 2.89 bits per heavy atom. The van der Waals surface area contributed by atoms with Crippen molar-refractivity contribution < 1.29 is 19.4 Å². The van der Waals surface area contributed by atoms with Crippen LogP contribution in [0, 0.1) is 11.8 Å². The monoisotopic (exact) mass is 306 g/mol. The molecule has 1 N–H and O–H groups in total. The van der Waals surface area contributed by atoms with Gasteiger partial charge in [0.25, 0.3) is 0 Å². The van der Waals surface area contributed by atoms with E-state index in [1.807, 2.05) is 11.8 Å². The molecule has 2 aliphatic rings. The van der Waals surface area contributed by atoms with Crippen LogP contribution in [-0.2, 0) is 14.3 Å². The number of ether oxygens (including phenoxy) is 2.